The first-order chi connectivity index (χ1) is 13.1. The highest BCUT2D eigenvalue weighted by Crippen LogP contribution is 2.35. The summed E-state index contributed by atoms with van der Waals surface area (Å²) in [6.45, 7) is 2.61. The zero-order valence-corrected chi connectivity index (χ0v) is 16.2. The van der Waals surface area contributed by atoms with E-state index in [9.17, 15) is 9.59 Å². The number of amides is 2. The molecule has 1 aromatic heterocycles. The van der Waals surface area contributed by atoms with Gasteiger partial charge in [0.05, 0.1) is 17.3 Å². The molecule has 2 aliphatic carbocycles. The van der Waals surface area contributed by atoms with Crippen molar-refractivity contribution in [2.24, 2.45) is 5.92 Å². The molecule has 2 amide bonds. The Hall–Kier alpha value is -1.98. The fourth-order valence-corrected chi connectivity index (χ4v) is 4.53. The van der Waals surface area contributed by atoms with Crippen LogP contribution in [-0.4, -0.2) is 39.3 Å². The molecule has 2 heterocycles. The number of hydrogen-bond acceptors (Lipinski definition) is 4. The molecule has 4 rings (SSSR count). The van der Waals surface area contributed by atoms with Gasteiger partial charge < -0.3 is 10.2 Å². The molecule has 1 N–H and O–H groups in total. The zero-order valence-electron chi connectivity index (χ0n) is 16.2. The van der Waals surface area contributed by atoms with Crippen molar-refractivity contribution in [3.05, 3.63) is 23.3 Å². The molecule has 1 atom stereocenters. The van der Waals surface area contributed by atoms with E-state index < -0.39 is 0 Å². The average Bonchev–Trinajstić information content (AvgIpc) is 3.14. The number of rotatable bonds is 6. The molecule has 0 radical (unpaired) electrons. The molecule has 146 valence electrons. The second-order valence-corrected chi connectivity index (χ2v) is 8.40. The van der Waals surface area contributed by atoms with Crippen molar-refractivity contribution < 1.29 is 9.59 Å². The summed E-state index contributed by atoms with van der Waals surface area (Å²) in [7, 11) is 0. The lowest BCUT2D eigenvalue weighted by molar-refractivity contribution is -0.132. The SMILES string of the molecule is Cc1ncc(C(=O)NC2CC2)c([C@H]2CCCN2C(=O)CCC2CCCC2)n1. The molecular formula is C21H30N4O2. The molecule has 1 aromatic rings. The van der Waals surface area contributed by atoms with E-state index in [4.69, 9.17) is 0 Å². The lowest BCUT2D eigenvalue weighted by Gasteiger charge is -2.26. The van der Waals surface area contributed by atoms with Crippen LogP contribution in [0.2, 0.25) is 0 Å². The molecule has 0 bridgehead atoms. The first kappa shape index (κ1) is 18.4. The van der Waals surface area contributed by atoms with Gasteiger partial charge in [0.25, 0.3) is 5.91 Å². The Balaban J connectivity index is 1.49. The van der Waals surface area contributed by atoms with Crippen LogP contribution in [0.4, 0.5) is 0 Å². The van der Waals surface area contributed by atoms with Crippen LogP contribution in [0.3, 0.4) is 0 Å². The number of carbonyl (C=O) groups excluding carboxylic acids is 2. The van der Waals surface area contributed by atoms with E-state index in [-0.39, 0.29) is 17.9 Å². The topological polar surface area (TPSA) is 75.2 Å². The number of aromatic nitrogens is 2. The van der Waals surface area contributed by atoms with Gasteiger partial charge in [-0.3, -0.25) is 9.59 Å². The molecule has 0 unspecified atom stereocenters. The summed E-state index contributed by atoms with van der Waals surface area (Å²) in [5.74, 6) is 1.49. The summed E-state index contributed by atoms with van der Waals surface area (Å²) in [6.07, 6.45) is 12.3. The zero-order chi connectivity index (χ0) is 18.8. The van der Waals surface area contributed by atoms with Gasteiger partial charge in [-0.2, -0.15) is 0 Å². The van der Waals surface area contributed by atoms with Crippen LogP contribution in [0.25, 0.3) is 0 Å². The Bertz CT molecular complexity index is 710. The molecule has 3 fully saturated rings. The van der Waals surface area contributed by atoms with Gasteiger partial charge in [-0.1, -0.05) is 25.7 Å². The number of hydrogen-bond donors (Lipinski definition) is 1. The van der Waals surface area contributed by atoms with Crippen molar-refractivity contribution >= 4 is 11.8 Å². The number of likely N-dealkylation sites (tertiary alicyclic amines) is 1. The van der Waals surface area contributed by atoms with E-state index in [1.165, 1.54) is 25.7 Å². The molecule has 27 heavy (non-hydrogen) atoms. The normalized spacial score (nSPS) is 23.0. The van der Waals surface area contributed by atoms with Gasteiger partial charge in [0.15, 0.2) is 0 Å². The minimum absolute atomic E-state index is 0.0947. The van der Waals surface area contributed by atoms with Crippen LogP contribution in [0.15, 0.2) is 6.20 Å². The predicted octanol–water partition coefficient (Wildman–Crippen LogP) is 3.31. The van der Waals surface area contributed by atoms with Crippen LogP contribution in [0.1, 0.15) is 92.1 Å². The van der Waals surface area contributed by atoms with Gasteiger partial charge >= 0.3 is 0 Å². The Kier molecular flexibility index (Phi) is 5.41. The second-order valence-electron chi connectivity index (χ2n) is 8.40. The third-order valence-electron chi connectivity index (χ3n) is 6.23. The van der Waals surface area contributed by atoms with Crippen molar-refractivity contribution in [1.82, 2.24) is 20.2 Å². The molecule has 2 saturated carbocycles. The predicted molar refractivity (Wildman–Crippen MR) is 102 cm³/mol. The number of nitrogens with zero attached hydrogens (tertiary/aromatic N) is 3. The summed E-state index contributed by atoms with van der Waals surface area (Å²) in [5.41, 5.74) is 1.26. The summed E-state index contributed by atoms with van der Waals surface area (Å²) in [4.78, 5) is 36.4. The maximum atomic E-state index is 12.9. The molecule has 6 heteroatoms. The van der Waals surface area contributed by atoms with Gasteiger partial charge in [-0.05, 0) is 44.9 Å². The lowest BCUT2D eigenvalue weighted by Crippen LogP contribution is -2.34. The van der Waals surface area contributed by atoms with Gasteiger partial charge in [0, 0.05) is 25.2 Å². The van der Waals surface area contributed by atoms with E-state index in [0.717, 1.165) is 50.3 Å². The number of carbonyl (C=O) groups is 2. The first-order valence-electron chi connectivity index (χ1n) is 10.6. The first-order valence-corrected chi connectivity index (χ1v) is 10.6. The highest BCUT2D eigenvalue weighted by atomic mass is 16.2. The fourth-order valence-electron chi connectivity index (χ4n) is 4.53. The Morgan fingerprint density at radius 1 is 1.15 bits per heavy atom. The number of nitrogens with one attached hydrogen (secondary N) is 1. The summed E-state index contributed by atoms with van der Waals surface area (Å²) in [5, 5.41) is 3.04. The molecule has 1 saturated heterocycles. The Morgan fingerprint density at radius 3 is 2.67 bits per heavy atom. The maximum absolute atomic E-state index is 12.9. The van der Waals surface area contributed by atoms with Crippen LogP contribution in [-0.2, 0) is 4.79 Å². The third kappa shape index (κ3) is 4.30. The summed E-state index contributed by atoms with van der Waals surface area (Å²) < 4.78 is 0. The maximum Gasteiger partial charge on any atom is 0.255 e. The molecule has 0 aromatic carbocycles. The molecule has 0 spiro atoms. The van der Waals surface area contributed by atoms with E-state index in [0.29, 0.717) is 23.9 Å². The average molecular weight is 370 g/mol. The standard InChI is InChI=1S/C21H30N4O2/c1-14-22-13-17(21(27)24-16-9-10-16)20(23-14)18-7-4-12-25(18)19(26)11-8-15-5-2-3-6-15/h13,15-16,18H,2-12H2,1H3,(H,24,27)/t18-/m1/s1. The van der Waals surface area contributed by atoms with E-state index in [1.54, 1.807) is 6.20 Å². The molecule has 1 aliphatic heterocycles. The second kappa shape index (κ2) is 7.95. The minimum atomic E-state index is -0.0993. The Labute approximate surface area is 161 Å². The molecule has 3 aliphatic rings. The fraction of sp³-hybridized carbons (Fsp3) is 0.714. The van der Waals surface area contributed by atoms with Crippen molar-refractivity contribution in [2.45, 2.75) is 83.2 Å². The van der Waals surface area contributed by atoms with Crippen molar-refractivity contribution in [3.63, 3.8) is 0 Å². The molecular weight excluding hydrogens is 340 g/mol. The van der Waals surface area contributed by atoms with Crippen molar-refractivity contribution in [3.8, 4) is 0 Å². The quantitative estimate of drug-likeness (QED) is 0.833. The summed E-state index contributed by atoms with van der Waals surface area (Å²) >= 11 is 0. The van der Waals surface area contributed by atoms with Gasteiger partial charge in [0.2, 0.25) is 5.91 Å². The van der Waals surface area contributed by atoms with Crippen LogP contribution in [0.5, 0.6) is 0 Å². The van der Waals surface area contributed by atoms with Crippen LogP contribution in [0, 0.1) is 12.8 Å². The Morgan fingerprint density at radius 2 is 1.93 bits per heavy atom. The minimum Gasteiger partial charge on any atom is -0.349 e. The van der Waals surface area contributed by atoms with Gasteiger partial charge in [0.1, 0.15) is 5.82 Å². The van der Waals surface area contributed by atoms with Gasteiger partial charge in [-0.25, -0.2) is 9.97 Å². The van der Waals surface area contributed by atoms with E-state index in [2.05, 4.69) is 15.3 Å². The smallest absolute Gasteiger partial charge is 0.255 e. The third-order valence-corrected chi connectivity index (χ3v) is 6.23. The van der Waals surface area contributed by atoms with Crippen molar-refractivity contribution in [2.75, 3.05) is 6.54 Å². The highest BCUT2D eigenvalue weighted by Gasteiger charge is 2.35. The van der Waals surface area contributed by atoms with Crippen LogP contribution >= 0.6 is 0 Å². The monoisotopic (exact) mass is 370 g/mol. The summed E-state index contributed by atoms with van der Waals surface area (Å²) in [6, 6.07) is 0.196. The number of aryl methyl sites for hydroxylation is 1. The lowest BCUT2D eigenvalue weighted by atomic mass is 10.0. The van der Waals surface area contributed by atoms with E-state index in [1.807, 2.05) is 11.8 Å². The largest absolute Gasteiger partial charge is 0.349 e. The van der Waals surface area contributed by atoms with Gasteiger partial charge in [-0.15, -0.1) is 0 Å². The van der Waals surface area contributed by atoms with Crippen LogP contribution < -0.4 is 5.32 Å². The van der Waals surface area contributed by atoms with E-state index >= 15 is 0 Å². The van der Waals surface area contributed by atoms with Crippen molar-refractivity contribution in [1.29, 1.82) is 0 Å². The molecule has 6 nitrogen and oxygen atoms in total. The highest BCUT2D eigenvalue weighted by molar-refractivity contribution is 5.95.